The van der Waals surface area contributed by atoms with Crippen LogP contribution in [0.1, 0.15) is 38.8 Å². The molecule has 37 heavy (non-hydrogen) atoms. The molecule has 1 atom stereocenters. The summed E-state index contributed by atoms with van der Waals surface area (Å²) in [7, 11) is 0. The zero-order chi connectivity index (χ0) is 27.4. The number of anilines is 1. The van der Waals surface area contributed by atoms with Gasteiger partial charge in [-0.3, -0.25) is 4.79 Å². The molecule has 1 saturated heterocycles. The first-order valence-corrected chi connectivity index (χ1v) is 13.0. The lowest BCUT2D eigenvalue weighted by Crippen LogP contribution is -2.59. The van der Waals surface area contributed by atoms with E-state index in [0.29, 0.717) is 36.2 Å². The first-order valence-electron chi connectivity index (χ1n) is 11.7. The van der Waals surface area contributed by atoms with E-state index < -0.39 is 11.7 Å². The molecule has 0 saturated carbocycles. The van der Waals surface area contributed by atoms with Crippen molar-refractivity contribution in [2.75, 3.05) is 30.3 Å². The number of aromatic nitrogens is 2. The highest BCUT2D eigenvalue weighted by molar-refractivity contribution is 7.99. The third-order valence-electron chi connectivity index (χ3n) is 5.43. The molecule has 202 valence electrons. The van der Waals surface area contributed by atoms with E-state index in [0.717, 1.165) is 23.9 Å². The lowest BCUT2D eigenvalue weighted by atomic mass is 10.1. The summed E-state index contributed by atoms with van der Waals surface area (Å²) < 4.78 is 38.6. The Morgan fingerprint density at radius 1 is 1.16 bits per heavy atom. The van der Waals surface area contributed by atoms with Crippen molar-refractivity contribution >= 4 is 41.1 Å². The number of rotatable bonds is 6. The van der Waals surface area contributed by atoms with Crippen molar-refractivity contribution in [2.45, 2.75) is 57.2 Å². The van der Waals surface area contributed by atoms with Gasteiger partial charge in [-0.05, 0) is 45.4 Å². The second-order valence-corrected chi connectivity index (χ2v) is 11.1. The van der Waals surface area contributed by atoms with Crippen molar-refractivity contribution in [3.05, 3.63) is 46.6 Å². The average Bonchev–Trinajstić information content (AvgIpc) is 2.79. The zero-order valence-electron chi connectivity index (χ0n) is 21.0. The largest absolute Gasteiger partial charge is 0.416 e. The second kappa shape index (κ2) is 11.8. The SMILES string of the molecule is CC1CN(c2cc(Cl)nc(SCC(=O)NCc3cccc(C(F)(F)F)c3)n2)CCN1C(=O)NC(C)(C)C. The molecule has 1 unspecified atom stereocenters. The summed E-state index contributed by atoms with van der Waals surface area (Å²) in [6.07, 6.45) is -4.44. The van der Waals surface area contributed by atoms with Crippen molar-refractivity contribution in [1.29, 1.82) is 0 Å². The van der Waals surface area contributed by atoms with Crippen LogP contribution in [-0.2, 0) is 17.5 Å². The third kappa shape index (κ3) is 8.67. The number of carbonyl (C=O) groups excluding carboxylic acids is 2. The van der Waals surface area contributed by atoms with Gasteiger partial charge < -0.3 is 20.4 Å². The van der Waals surface area contributed by atoms with Crippen LogP contribution >= 0.6 is 23.4 Å². The van der Waals surface area contributed by atoms with Gasteiger partial charge in [0.2, 0.25) is 5.91 Å². The zero-order valence-corrected chi connectivity index (χ0v) is 22.6. The first kappa shape index (κ1) is 28.8. The molecule has 13 heteroatoms. The van der Waals surface area contributed by atoms with Gasteiger partial charge in [0.1, 0.15) is 11.0 Å². The lowest BCUT2D eigenvalue weighted by molar-refractivity contribution is -0.137. The van der Waals surface area contributed by atoms with Crippen molar-refractivity contribution in [1.82, 2.24) is 25.5 Å². The summed E-state index contributed by atoms with van der Waals surface area (Å²) in [5.41, 5.74) is -0.753. The maximum atomic E-state index is 12.9. The van der Waals surface area contributed by atoms with Crippen molar-refractivity contribution < 1.29 is 22.8 Å². The number of nitrogens with zero attached hydrogens (tertiary/aromatic N) is 4. The number of hydrogen-bond donors (Lipinski definition) is 2. The Bertz CT molecular complexity index is 1130. The summed E-state index contributed by atoms with van der Waals surface area (Å²) in [5.74, 6) is 0.185. The van der Waals surface area contributed by atoms with E-state index in [1.807, 2.05) is 32.6 Å². The second-order valence-electron chi connectivity index (χ2n) is 9.76. The van der Waals surface area contributed by atoms with Crippen molar-refractivity contribution in [3.63, 3.8) is 0 Å². The Hall–Kier alpha value is -2.73. The molecule has 3 amide bonds. The molecular weight excluding hydrogens is 529 g/mol. The van der Waals surface area contributed by atoms with Gasteiger partial charge in [-0.1, -0.05) is 35.5 Å². The van der Waals surface area contributed by atoms with Gasteiger partial charge in [-0.15, -0.1) is 0 Å². The predicted octanol–water partition coefficient (Wildman–Crippen LogP) is 4.58. The first-order chi connectivity index (χ1) is 17.2. The number of piperazine rings is 1. The maximum Gasteiger partial charge on any atom is 0.416 e. The van der Waals surface area contributed by atoms with Gasteiger partial charge in [0, 0.05) is 43.8 Å². The minimum Gasteiger partial charge on any atom is -0.353 e. The number of nitrogens with one attached hydrogen (secondary N) is 2. The number of carbonyl (C=O) groups is 2. The Labute approximate surface area is 223 Å². The Kier molecular flexibility index (Phi) is 9.17. The van der Waals surface area contributed by atoms with E-state index in [1.54, 1.807) is 11.0 Å². The molecule has 2 heterocycles. The maximum absolute atomic E-state index is 12.9. The number of thioether (sulfide) groups is 1. The Morgan fingerprint density at radius 2 is 1.89 bits per heavy atom. The van der Waals surface area contributed by atoms with Crippen LogP contribution in [0.15, 0.2) is 35.5 Å². The summed E-state index contributed by atoms with van der Waals surface area (Å²) >= 11 is 7.28. The van der Waals surface area contributed by atoms with Crippen LogP contribution in [0.2, 0.25) is 5.15 Å². The summed E-state index contributed by atoms with van der Waals surface area (Å²) in [6, 6.07) is 6.26. The van der Waals surface area contributed by atoms with E-state index in [4.69, 9.17) is 11.6 Å². The molecule has 0 bridgehead atoms. The topological polar surface area (TPSA) is 90.5 Å². The third-order valence-corrected chi connectivity index (χ3v) is 6.47. The van der Waals surface area contributed by atoms with E-state index >= 15 is 0 Å². The fraction of sp³-hybridized carbons (Fsp3) is 0.500. The fourth-order valence-corrected chi connectivity index (χ4v) is 4.62. The monoisotopic (exact) mass is 558 g/mol. The number of alkyl halides is 3. The molecule has 0 spiro atoms. The standard InChI is InChI=1S/C24H30ClF3N6O2S/c1-15-13-33(8-9-34(15)22(36)32-23(2,3)4)19-11-18(25)30-21(31-19)37-14-20(35)29-12-16-6-5-7-17(10-16)24(26,27)28/h5-7,10-11,15H,8-9,12-14H2,1-4H3,(H,29,35)(H,32,36). The van der Waals surface area contributed by atoms with E-state index in [2.05, 4.69) is 20.6 Å². The summed E-state index contributed by atoms with van der Waals surface area (Å²) in [5, 5.41) is 6.11. The minimum absolute atomic E-state index is 0.0318. The highest BCUT2D eigenvalue weighted by atomic mass is 35.5. The van der Waals surface area contributed by atoms with Gasteiger partial charge in [0.05, 0.1) is 11.3 Å². The molecule has 8 nitrogen and oxygen atoms in total. The summed E-state index contributed by atoms with van der Waals surface area (Å²) in [4.78, 5) is 37.4. The van der Waals surface area contributed by atoms with Gasteiger partial charge in [-0.2, -0.15) is 13.2 Å². The smallest absolute Gasteiger partial charge is 0.353 e. The number of halogens is 4. The number of benzene rings is 1. The normalized spacial score (nSPS) is 16.5. The highest BCUT2D eigenvalue weighted by Crippen LogP contribution is 2.29. The van der Waals surface area contributed by atoms with Crippen molar-refractivity contribution in [2.24, 2.45) is 0 Å². The minimum atomic E-state index is -4.44. The van der Waals surface area contributed by atoms with Gasteiger partial charge in [-0.25, -0.2) is 14.8 Å². The van der Waals surface area contributed by atoms with Gasteiger partial charge >= 0.3 is 12.2 Å². The van der Waals surface area contributed by atoms with E-state index in [-0.39, 0.29) is 41.0 Å². The molecule has 2 N–H and O–H groups in total. The lowest BCUT2D eigenvalue weighted by Gasteiger charge is -2.41. The van der Waals surface area contributed by atoms with E-state index in [1.165, 1.54) is 12.1 Å². The van der Waals surface area contributed by atoms with Crippen LogP contribution in [0, 0.1) is 0 Å². The predicted molar refractivity (Wildman–Crippen MR) is 138 cm³/mol. The van der Waals surface area contributed by atoms with E-state index in [9.17, 15) is 22.8 Å². The van der Waals surface area contributed by atoms with Crippen LogP contribution in [0.3, 0.4) is 0 Å². The molecule has 1 aliphatic heterocycles. The Morgan fingerprint density at radius 3 is 2.54 bits per heavy atom. The quantitative estimate of drug-likeness (QED) is 0.306. The molecule has 2 aromatic rings. The molecule has 1 aromatic carbocycles. The number of amides is 3. The van der Waals surface area contributed by atoms with Gasteiger partial charge in [0.25, 0.3) is 0 Å². The van der Waals surface area contributed by atoms with Crippen LogP contribution in [0.4, 0.5) is 23.8 Å². The molecule has 1 fully saturated rings. The van der Waals surface area contributed by atoms with Crippen LogP contribution in [0.5, 0.6) is 0 Å². The average molecular weight is 559 g/mol. The number of urea groups is 1. The molecule has 1 aromatic heterocycles. The Balaban J connectivity index is 1.55. The molecule has 0 radical (unpaired) electrons. The van der Waals surface area contributed by atoms with Gasteiger partial charge in [0.15, 0.2) is 5.16 Å². The summed E-state index contributed by atoms with van der Waals surface area (Å²) in [6.45, 7) is 9.32. The molecule has 0 aliphatic carbocycles. The van der Waals surface area contributed by atoms with Crippen LogP contribution in [-0.4, -0.2) is 63.8 Å². The highest BCUT2D eigenvalue weighted by Gasteiger charge is 2.31. The van der Waals surface area contributed by atoms with Crippen molar-refractivity contribution in [3.8, 4) is 0 Å². The van der Waals surface area contributed by atoms with Crippen LogP contribution < -0.4 is 15.5 Å². The molecule has 1 aliphatic rings. The fourth-order valence-electron chi connectivity index (χ4n) is 3.71. The molecule has 3 rings (SSSR count). The number of hydrogen-bond acceptors (Lipinski definition) is 6. The molecular formula is C24H30ClF3N6O2S. The van der Waals surface area contributed by atoms with Crippen LogP contribution in [0.25, 0.3) is 0 Å².